The van der Waals surface area contributed by atoms with E-state index in [9.17, 15) is 27.9 Å². The van der Waals surface area contributed by atoms with E-state index in [2.05, 4.69) is 26.0 Å². The molecule has 3 rings (SSSR count). The Morgan fingerprint density at radius 2 is 1.82 bits per heavy atom. The third kappa shape index (κ3) is 6.39. The lowest BCUT2D eigenvalue weighted by Gasteiger charge is -2.14. The van der Waals surface area contributed by atoms with Gasteiger partial charge in [0.15, 0.2) is 17.2 Å². The Balaban J connectivity index is 1.85. The summed E-state index contributed by atoms with van der Waals surface area (Å²) in [6.45, 7) is -0.676. The molecule has 174 valence electrons. The summed E-state index contributed by atoms with van der Waals surface area (Å²) in [5, 5.41) is 21.3. The number of carboxylic acids is 2. The smallest absolute Gasteiger partial charge is 0.479 e. The van der Waals surface area contributed by atoms with E-state index in [4.69, 9.17) is 9.84 Å². The second-order valence-electron chi connectivity index (χ2n) is 6.48. The van der Waals surface area contributed by atoms with Gasteiger partial charge in [-0.2, -0.15) is 0 Å². The number of para-hydroxylation sites is 1. The van der Waals surface area contributed by atoms with Gasteiger partial charge in [-0.25, -0.2) is 9.59 Å². The van der Waals surface area contributed by atoms with Crippen LogP contribution in [0.15, 0.2) is 53.0 Å². The first kappa shape index (κ1) is 24.4. The van der Waals surface area contributed by atoms with Crippen LogP contribution in [0.3, 0.4) is 0 Å². The van der Waals surface area contributed by atoms with Crippen molar-refractivity contribution in [1.29, 1.82) is 0 Å². The molecule has 0 atom stereocenters. The maximum Gasteiger partial charge on any atom is 0.573 e. The summed E-state index contributed by atoms with van der Waals surface area (Å²) in [6.07, 6.45) is -4.82. The Hall–Kier alpha value is -3.25. The number of anilines is 1. The van der Waals surface area contributed by atoms with E-state index in [0.29, 0.717) is 16.1 Å². The summed E-state index contributed by atoms with van der Waals surface area (Å²) in [4.78, 5) is 22.7. The fourth-order valence-corrected chi connectivity index (χ4v) is 4.71. The van der Waals surface area contributed by atoms with Crippen molar-refractivity contribution in [2.75, 3.05) is 11.9 Å². The van der Waals surface area contributed by atoms with E-state index in [1.54, 1.807) is 30.3 Å². The van der Waals surface area contributed by atoms with Crippen LogP contribution in [0.1, 0.15) is 15.2 Å². The van der Waals surface area contributed by atoms with Crippen molar-refractivity contribution in [3.05, 3.63) is 63.4 Å². The van der Waals surface area contributed by atoms with Crippen molar-refractivity contribution < 1.29 is 42.4 Å². The predicted octanol–water partition coefficient (Wildman–Crippen LogP) is 5.85. The Labute approximate surface area is 197 Å². The summed E-state index contributed by atoms with van der Waals surface area (Å²) < 4.78 is 47.3. The molecule has 3 N–H and O–H groups in total. The molecule has 0 radical (unpaired) electrons. The largest absolute Gasteiger partial charge is 0.573 e. The summed E-state index contributed by atoms with van der Waals surface area (Å²) >= 11 is 4.17. The molecule has 12 heteroatoms. The molecule has 7 nitrogen and oxygen atoms in total. The number of carbonyl (C=O) groups is 2. The van der Waals surface area contributed by atoms with Crippen molar-refractivity contribution in [3.8, 4) is 21.9 Å². The van der Waals surface area contributed by atoms with Crippen LogP contribution in [0.2, 0.25) is 0 Å². The molecular weight excluding hydrogens is 531 g/mol. The fourth-order valence-electron chi connectivity index (χ4n) is 2.83. The number of hydrogen-bond acceptors (Lipinski definition) is 6. The summed E-state index contributed by atoms with van der Waals surface area (Å²) in [6, 6.07) is 12.5. The minimum Gasteiger partial charge on any atom is -0.479 e. The molecule has 2 aromatic carbocycles. The van der Waals surface area contributed by atoms with Crippen LogP contribution in [0.25, 0.3) is 10.4 Å². The van der Waals surface area contributed by atoms with Gasteiger partial charge in [0.1, 0.15) is 5.75 Å². The summed E-state index contributed by atoms with van der Waals surface area (Å²) in [5.41, 5.74) is 1.43. The minimum absolute atomic E-state index is 0.0364. The molecule has 0 aliphatic carbocycles. The first-order chi connectivity index (χ1) is 15.5. The number of alkyl halides is 3. The molecule has 0 spiro atoms. The number of aliphatic carboxylic acids is 1. The van der Waals surface area contributed by atoms with Crippen LogP contribution in [0, 0.1) is 0 Å². The summed E-state index contributed by atoms with van der Waals surface area (Å²) in [5.74, 6) is -2.95. The number of halogens is 4. The van der Waals surface area contributed by atoms with E-state index < -0.39 is 24.9 Å². The molecule has 1 aromatic heterocycles. The van der Waals surface area contributed by atoms with Gasteiger partial charge >= 0.3 is 18.3 Å². The lowest BCUT2D eigenvalue weighted by atomic mass is 10.1. The second kappa shape index (κ2) is 10.1. The molecule has 33 heavy (non-hydrogen) atoms. The second-order valence-corrected chi connectivity index (χ2v) is 8.29. The standard InChI is InChI=1S/C21H15BrF3NO6S/c22-16-17(31-10-15(27)28)19(20(29)30)33-18(16)11-5-3-6-13(8-11)26-9-12-4-1-2-7-14(12)32-21(23,24)25/h1-8,26H,9-10H2,(H,27,28)(H,29,30). The number of nitrogens with one attached hydrogen (secondary N) is 1. The molecule has 1 heterocycles. The zero-order valence-corrected chi connectivity index (χ0v) is 18.9. The van der Waals surface area contributed by atoms with Crippen molar-refractivity contribution >= 4 is 44.9 Å². The number of thiophene rings is 1. The van der Waals surface area contributed by atoms with Crippen LogP contribution in [0.4, 0.5) is 18.9 Å². The Morgan fingerprint density at radius 3 is 2.48 bits per heavy atom. The lowest BCUT2D eigenvalue weighted by Crippen LogP contribution is -2.18. The number of carboxylic acid groups (broad SMARTS) is 2. The highest BCUT2D eigenvalue weighted by Gasteiger charge is 2.32. The number of hydrogen-bond donors (Lipinski definition) is 3. The summed E-state index contributed by atoms with van der Waals surface area (Å²) in [7, 11) is 0. The molecular formula is C21H15BrF3NO6S. The highest BCUT2D eigenvalue weighted by Crippen LogP contribution is 2.46. The van der Waals surface area contributed by atoms with Crippen LogP contribution < -0.4 is 14.8 Å². The fraction of sp³-hybridized carbons (Fsp3) is 0.143. The topological polar surface area (TPSA) is 105 Å². The number of rotatable bonds is 9. The Bertz CT molecular complexity index is 1180. The molecule has 0 aliphatic rings. The number of benzene rings is 2. The van der Waals surface area contributed by atoms with Gasteiger partial charge in [-0.15, -0.1) is 24.5 Å². The van der Waals surface area contributed by atoms with Gasteiger partial charge < -0.3 is 25.0 Å². The molecule has 3 aromatic rings. The quantitative estimate of drug-likeness (QED) is 0.309. The monoisotopic (exact) mass is 545 g/mol. The third-order valence-electron chi connectivity index (χ3n) is 4.15. The van der Waals surface area contributed by atoms with E-state index in [-0.39, 0.29) is 33.0 Å². The average Bonchev–Trinajstić information content (AvgIpc) is 3.07. The average molecular weight is 546 g/mol. The zero-order valence-electron chi connectivity index (χ0n) is 16.5. The zero-order chi connectivity index (χ0) is 24.2. The normalized spacial score (nSPS) is 11.2. The minimum atomic E-state index is -4.82. The first-order valence-corrected chi connectivity index (χ1v) is 10.7. The van der Waals surface area contributed by atoms with Crippen LogP contribution in [-0.4, -0.2) is 35.1 Å². The third-order valence-corrected chi connectivity index (χ3v) is 6.38. The van der Waals surface area contributed by atoms with Crippen molar-refractivity contribution in [2.24, 2.45) is 0 Å². The first-order valence-electron chi connectivity index (χ1n) is 9.13. The molecule has 0 amide bonds. The van der Waals surface area contributed by atoms with Gasteiger partial charge in [0.05, 0.1) is 9.35 Å². The number of ether oxygens (including phenoxy) is 2. The van der Waals surface area contributed by atoms with E-state index >= 15 is 0 Å². The maximum absolute atomic E-state index is 12.6. The van der Waals surface area contributed by atoms with Gasteiger partial charge in [-0.1, -0.05) is 30.3 Å². The number of aromatic carboxylic acids is 1. The maximum atomic E-state index is 12.6. The van der Waals surface area contributed by atoms with Crippen LogP contribution in [0.5, 0.6) is 11.5 Å². The Kier molecular flexibility index (Phi) is 7.49. The highest BCUT2D eigenvalue weighted by molar-refractivity contribution is 9.10. The predicted molar refractivity (Wildman–Crippen MR) is 118 cm³/mol. The molecule has 0 saturated heterocycles. The highest BCUT2D eigenvalue weighted by atomic mass is 79.9. The van der Waals surface area contributed by atoms with Gasteiger partial charge in [0, 0.05) is 17.8 Å². The van der Waals surface area contributed by atoms with Crippen LogP contribution >= 0.6 is 27.3 Å². The van der Waals surface area contributed by atoms with Crippen molar-refractivity contribution in [3.63, 3.8) is 0 Å². The molecule has 0 saturated carbocycles. The molecule has 0 unspecified atom stereocenters. The SMILES string of the molecule is O=C(O)COc1c(C(=O)O)sc(-c2cccc(NCc3ccccc3OC(F)(F)F)c2)c1Br. The molecule has 0 fully saturated rings. The van der Waals surface area contributed by atoms with E-state index in [0.717, 1.165) is 11.3 Å². The van der Waals surface area contributed by atoms with Crippen molar-refractivity contribution in [1.82, 2.24) is 0 Å². The van der Waals surface area contributed by atoms with Crippen molar-refractivity contribution in [2.45, 2.75) is 12.9 Å². The van der Waals surface area contributed by atoms with Gasteiger partial charge in [0.2, 0.25) is 0 Å². The van der Waals surface area contributed by atoms with Gasteiger partial charge in [0.25, 0.3) is 0 Å². The molecule has 0 bridgehead atoms. The Morgan fingerprint density at radius 1 is 1.09 bits per heavy atom. The van der Waals surface area contributed by atoms with Crippen LogP contribution in [-0.2, 0) is 11.3 Å². The van der Waals surface area contributed by atoms with Gasteiger partial charge in [-0.3, -0.25) is 0 Å². The van der Waals surface area contributed by atoms with E-state index in [1.165, 1.54) is 18.2 Å². The van der Waals surface area contributed by atoms with E-state index in [1.807, 2.05) is 0 Å². The lowest BCUT2D eigenvalue weighted by molar-refractivity contribution is -0.274. The molecule has 0 aliphatic heterocycles. The van der Waals surface area contributed by atoms with Gasteiger partial charge in [-0.05, 0) is 39.7 Å².